The normalized spacial score (nSPS) is 20.7. The molecule has 1 aromatic heterocycles. The van der Waals surface area contributed by atoms with Gasteiger partial charge in [-0.1, -0.05) is 13.8 Å². The van der Waals surface area contributed by atoms with E-state index in [1.54, 1.807) is 13.0 Å². The lowest BCUT2D eigenvalue weighted by Gasteiger charge is -2.48. The van der Waals surface area contributed by atoms with E-state index in [-0.39, 0.29) is 17.5 Å². The largest absolute Gasteiger partial charge is 0.371 e. The Kier molecular flexibility index (Phi) is 9.17. The number of aromatic nitrogens is 2. The quantitative estimate of drug-likeness (QED) is 0.301. The first-order chi connectivity index (χ1) is 19.8. The third-order valence-corrected chi connectivity index (χ3v) is 10.1. The van der Waals surface area contributed by atoms with Crippen LogP contribution in [0.15, 0.2) is 30.3 Å². The fourth-order valence-electron chi connectivity index (χ4n) is 6.92. The SMILES string of the molecule is CCC(C)C(=O)c1cc(N2CCC(CN3CCC4(CC3)CCN(c3ccc(C=O)nn3)CC4)CC2)ccc1C(C)=O. The minimum Gasteiger partial charge on any atom is -0.371 e. The molecule has 0 saturated carbocycles. The van der Waals surface area contributed by atoms with E-state index in [0.29, 0.717) is 28.2 Å². The summed E-state index contributed by atoms with van der Waals surface area (Å²) >= 11 is 0. The van der Waals surface area contributed by atoms with E-state index < -0.39 is 0 Å². The third kappa shape index (κ3) is 6.69. The van der Waals surface area contributed by atoms with Crippen LogP contribution in [0.5, 0.6) is 0 Å². The highest BCUT2D eigenvalue weighted by molar-refractivity contribution is 6.09. The fourth-order valence-corrected chi connectivity index (χ4v) is 6.92. The second-order valence-electron chi connectivity index (χ2n) is 12.6. The van der Waals surface area contributed by atoms with E-state index in [1.807, 2.05) is 38.1 Å². The predicted octanol–water partition coefficient (Wildman–Crippen LogP) is 5.32. The highest BCUT2D eigenvalue weighted by Crippen LogP contribution is 2.42. The maximum atomic E-state index is 13.0. The molecule has 4 heterocycles. The lowest BCUT2D eigenvalue weighted by Crippen LogP contribution is -2.48. The van der Waals surface area contributed by atoms with Crippen LogP contribution < -0.4 is 9.80 Å². The number of benzene rings is 1. The van der Waals surface area contributed by atoms with Crippen LogP contribution in [0.25, 0.3) is 0 Å². The standard InChI is InChI=1S/C33H45N5O3/c1-4-24(2)32(41)30-21-28(6-7-29(30)25(3)40)37-15-9-26(10-16-37)22-36-17-11-33(12-18-36)13-19-38(20-14-33)31-8-5-27(23-39)34-35-31/h5-8,21,23-24,26H,4,9-20,22H2,1-3H3. The molecule has 2 aromatic rings. The van der Waals surface area contributed by atoms with Gasteiger partial charge >= 0.3 is 0 Å². The van der Waals surface area contributed by atoms with Crippen molar-refractivity contribution < 1.29 is 14.4 Å². The number of piperidine rings is 3. The summed E-state index contributed by atoms with van der Waals surface area (Å²) in [5.41, 5.74) is 3.03. The molecule has 3 fully saturated rings. The van der Waals surface area contributed by atoms with Gasteiger partial charge in [0.25, 0.3) is 0 Å². The van der Waals surface area contributed by atoms with Crippen LogP contribution >= 0.6 is 0 Å². The van der Waals surface area contributed by atoms with E-state index in [9.17, 15) is 14.4 Å². The molecule has 3 saturated heterocycles. The molecule has 1 spiro atoms. The number of carbonyl (C=O) groups excluding carboxylic acids is 3. The molecule has 0 N–H and O–H groups in total. The minimum atomic E-state index is -0.0822. The number of anilines is 2. The van der Waals surface area contributed by atoms with Gasteiger partial charge in [0.2, 0.25) is 0 Å². The molecule has 0 radical (unpaired) electrons. The van der Waals surface area contributed by atoms with Crippen LogP contribution in [0, 0.1) is 17.3 Å². The Bertz CT molecular complexity index is 1220. The summed E-state index contributed by atoms with van der Waals surface area (Å²) in [6.45, 7) is 13.0. The Morgan fingerprint density at radius 2 is 1.61 bits per heavy atom. The number of nitrogens with zero attached hydrogens (tertiary/aromatic N) is 5. The summed E-state index contributed by atoms with van der Waals surface area (Å²) in [5.74, 6) is 1.52. The van der Waals surface area contributed by atoms with Crippen molar-refractivity contribution in [1.29, 1.82) is 0 Å². The van der Waals surface area contributed by atoms with Crippen LogP contribution in [-0.4, -0.2) is 78.8 Å². The fraction of sp³-hybridized carbons (Fsp3) is 0.606. The Morgan fingerprint density at radius 3 is 2.20 bits per heavy atom. The van der Waals surface area contributed by atoms with Crippen molar-refractivity contribution in [3.8, 4) is 0 Å². The van der Waals surface area contributed by atoms with Crippen molar-refractivity contribution in [2.75, 3.05) is 55.6 Å². The van der Waals surface area contributed by atoms with E-state index in [0.717, 1.165) is 63.2 Å². The number of aldehydes is 1. The van der Waals surface area contributed by atoms with Gasteiger partial charge in [0, 0.05) is 55.5 Å². The molecular weight excluding hydrogens is 514 g/mol. The molecule has 3 aliphatic heterocycles. The van der Waals surface area contributed by atoms with Crippen LogP contribution in [0.2, 0.25) is 0 Å². The number of hydrogen-bond donors (Lipinski definition) is 0. The summed E-state index contributed by atoms with van der Waals surface area (Å²) in [6.07, 6.45) is 8.75. The molecule has 1 unspecified atom stereocenters. The van der Waals surface area contributed by atoms with Crippen LogP contribution in [0.3, 0.4) is 0 Å². The summed E-state index contributed by atoms with van der Waals surface area (Å²) < 4.78 is 0. The number of rotatable bonds is 9. The third-order valence-electron chi connectivity index (χ3n) is 10.1. The first-order valence-electron chi connectivity index (χ1n) is 15.5. The summed E-state index contributed by atoms with van der Waals surface area (Å²) in [4.78, 5) is 43.5. The predicted molar refractivity (Wildman–Crippen MR) is 162 cm³/mol. The molecule has 3 aliphatic rings. The number of hydrogen-bond acceptors (Lipinski definition) is 8. The molecule has 0 amide bonds. The molecule has 8 heteroatoms. The Hall–Kier alpha value is -3.13. The topological polar surface area (TPSA) is 86.7 Å². The average Bonchev–Trinajstić information content (AvgIpc) is 3.02. The van der Waals surface area contributed by atoms with Crippen molar-refractivity contribution in [2.24, 2.45) is 17.3 Å². The van der Waals surface area contributed by atoms with Crippen LogP contribution in [-0.2, 0) is 0 Å². The Balaban J connectivity index is 1.09. The highest BCUT2D eigenvalue weighted by Gasteiger charge is 2.38. The van der Waals surface area contributed by atoms with E-state index in [1.165, 1.54) is 45.3 Å². The maximum absolute atomic E-state index is 13.0. The van der Waals surface area contributed by atoms with E-state index in [2.05, 4.69) is 24.9 Å². The summed E-state index contributed by atoms with van der Waals surface area (Å²) in [5, 5.41) is 8.24. The molecule has 0 aliphatic carbocycles. The lowest BCUT2D eigenvalue weighted by atomic mass is 9.71. The zero-order valence-electron chi connectivity index (χ0n) is 25.0. The van der Waals surface area contributed by atoms with Gasteiger partial charge in [-0.2, -0.15) is 0 Å². The second kappa shape index (κ2) is 12.8. The lowest BCUT2D eigenvalue weighted by molar-refractivity contribution is 0.0678. The van der Waals surface area contributed by atoms with E-state index in [4.69, 9.17) is 0 Å². The Labute approximate surface area is 244 Å². The minimum absolute atomic E-state index is 0.0459. The zero-order valence-corrected chi connectivity index (χ0v) is 25.0. The molecule has 8 nitrogen and oxygen atoms in total. The van der Waals surface area contributed by atoms with Crippen molar-refractivity contribution in [3.63, 3.8) is 0 Å². The molecular formula is C33H45N5O3. The monoisotopic (exact) mass is 559 g/mol. The number of ketones is 2. The van der Waals surface area contributed by atoms with Crippen molar-refractivity contribution in [3.05, 3.63) is 47.2 Å². The first kappa shape index (κ1) is 29.4. The molecule has 5 rings (SSSR count). The molecule has 1 atom stereocenters. The zero-order chi connectivity index (χ0) is 29.0. The van der Waals surface area contributed by atoms with Gasteiger partial charge in [-0.15, -0.1) is 10.2 Å². The van der Waals surface area contributed by atoms with Gasteiger partial charge in [0.05, 0.1) is 0 Å². The first-order valence-corrected chi connectivity index (χ1v) is 15.5. The van der Waals surface area contributed by atoms with Crippen molar-refractivity contribution >= 4 is 29.4 Å². The second-order valence-corrected chi connectivity index (χ2v) is 12.6. The number of likely N-dealkylation sites (tertiary alicyclic amines) is 1. The van der Waals surface area contributed by atoms with Gasteiger partial charge in [0.15, 0.2) is 23.7 Å². The Morgan fingerprint density at radius 1 is 0.927 bits per heavy atom. The molecule has 41 heavy (non-hydrogen) atoms. The van der Waals surface area contributed by atoms with Gasteiger partial charge in [-0.3, -0.25) is 14.4 Å². The van der Waals surface area contributed by atoms with Gasteiger partial charge in [0.1, 0.15) is 5.69 Å². The van der Waals surface area contributed by atoms with Crippen molar-refractivity contribution in [2.45, 2.75) is 65.7 Å². The average molecular weight is 560 g/mol. The van der Waals surface area contributed by atoms with Gasteiger partial charge in [-0.25, -0.2) is 0 Å². The van der Waals surface area contributed by atoms with Crippen LogP contribution in [0.1, 0.15) is 96.9 Å². The molecule has 0 bridgehead atoms. The van der Waals surface area contributed by atoms with Crippen molar-refractivity contribution in [1.82, 2.24) is 15.1 Å². The smallest absolute Gasteiger partial charge is 0.170 e. The number of carbonyl (C=O) groups is 3. The van der Waals surface area contributed by atoms with E-state index >= 15 is 0 Å². The summed E-state index contributed by atoms with van der Waals surface area (Å²) in [7, 11) is 0. The maximum Gasteiger partial charge on any atom is 0.170 e. The molecule has 1 aromatic carbocycles. The number of Topliss-reactive ketones (excluding diaryl/α,β-unsaturated/α-hetero) is 2. The van der Waals surface area contributed by atoms with Gasteiger partial charge < -0.3 is 14.7 Å². The highest BCUT2D eigenvalue weighted by atomic mass is 16.1. The van der Waals surface area contributed by atoms with Gasteiger partial charge in [-0.05, 0) is 107 Å². The molecule has 220 valence electrons. The van der Waals surface area contributed by atoms with Crippen LogP contribution in [0.4, 0.5) is 11.5 Å². The summed E-state index contributed by atoms with van der Waals surface area (Å²) in [6, 6.07) is 9.50.